The number of hydrogen-bond acceptors (Lipinski definition) is 14. The van der Waals surface area contributed by atoms with E-state index in [1.165, 1.54) is 24.3 Å². The van der Waals surface area contributed by atoms with Gasteiger partial charge in [-0.1, -0.05) is 23.2 Å². The second-order valence-electron chi connectivity index (χ2n) is 15.8. The van der Waals surface area contributed by atoms with Crippen LogP contribution >= 0.6 is 23.2 Å². The summed E-state index contributed by atoms with van der Waals surface area (Å²) in [5.74, 6) is -1.08. The lowest BCUT2D eigenvalue weighted by Gasteiger charge is -2.41. The number of piperazine rings is 1. The number of amides is 3. The Morgan fingerprint density at radius 2 is 1.11 bits per heavy atom. The van der Waals surface area contributed by atoms with Gasteiger partial charge >= 0.3 is 12.1 Å². The first-order valence-corrected chi connectivity index (χ1v) is 20.6. The molecule has 3 amide bonds. The second kappa shape index (κ2) is 19.0. The molecule has 2 saturated heterocycles. The zero-order chi connectivity index (χ0) is 45.7. The van der Waals surface area contributed by atoms with Crippen molar-refractivity contribution in [3.05, 3.63) is 124 Å². The van der Waals surface area contributed by atoms with Crippen LogP contribution in [0.5, 0.6) is 0 Å². The van der Waals surface area contributed by atoms with Crippen molar-refractivity contribution in [3.63, 3.8) is 0 Å². The van der Waals surface area contributed by atoms with E-state index in [9.17, 15) is 19.2 Å². The summed E-state index contributed by atoms with van der Waals surface area (Å²) in [6, 6.07) is 16.6. The molecule has 7 aromatic rings. The van der Waals surface area contributed by atoms with E-state index in [2.05, 4.69) is 56.1 Å². The lowest BCUT2D eigenvalue weighted by Crippen LogP contribution is -2.57. The summed E-state index contributed by atoms with van der Waals surface area (Å²) in [6.45, 7) is 10.8. The van der Waals surface area contributed by atoms with Crippen molar-refractivity contribution in [2.45, 2.75) is 65.1 Å². The molecule has 0 saturated carbocycles. The summed E-state index contributed by atoms with van der Waals surface area (Å²) in [5.41, 5.74) is 4.59. The van der Waals surface area contributed by atoms with Crippen molar-refractivity contribution in [3.8, 4) is 0 Å². The monoisotopic (exact) mass is 908 g/mol. The molecule has 2 fully saturated rings. The third-order valence-corrected chi connectivity index (χ3v) is 10.1. The first-order valence-electron chi connectivity index (χ1n) is 19.8. The minimum Gasteiger partial charge on any atom is -0.476 e. The van der Waals surface area contributed by atoms with Crippen LogP contribution in [-0.2, 0) is 4.74 Å². The molecule has 2 unspecified atom stereocenters. The summed E-state index contributed by atoms with van der Waals surface area (Å²) in [5, 5.41) is 36.8. The first kappa shape index (κ1) is 44.7. The molecular weight excluding hydrogens is 867 g/mol. The Hall–Kier alpha value is -7.32. The molecule has 20 nitrogen and oxygen atoms in total. The topological polar surface area (TPSA) is 240 Å². The molecule has 0 spiro atoms. The summed E-state index contributed by atoms with van der Waals surface area (Å²) >= 11 is 11.0. The Labute approximate surface area is 375 Å². The molecule has 330 valence electrons. The Bertz CT molecular complexity index is 2800. The maximum Gasteiger partial charge on any atom is 0.410 e. The molecule has 64 heavy (non-hydrogen) atoms. The Balaban J connectivity index is 0.000000171. The van der Waals surface area contributed by atoms with Gasteiger partial charge in [0.25, 0.3) is 11.8 Å². The highest BCUT2D eigenvalue weighted by molar-refractivity contribution is 6.29. The fourth-order valence-corrected chi connectivity index (χ4v) is 7.16. The van der Waals surface area contributed by atoms with E-state index in [1.807, 2.05) is 85.1 Å². The van der Waals surface area contributed by atoms with Crippen LogP contribution in [0, 0.1) is 13.8 Å². The van der Waals surface area contributed by atoms with Crippen LogP contribution in [0.3, 0.4) is 0 Å². The fourth-order valence-electron chi connectivity index (χ4n) is 6.96. The number of carboxylic acid groups (broad SMARTS) is 1. The number of aromatic carboxylic acids is 1. The highest BCUT2D eigenvalue weighted by Crippen LogP contribution is 2.33. The van der Waals surface area contributed by atoms with Gasteiger partial charge < -0.3 is 34.2 Å². The van der Waals surface area contributed by atoms with E-state index in [-0.39, 0.29) is 57.4 Å². The van der Waals surface area contributed by atoms with Gasteiger partial charge in [0.15, 0.2) is 33.2 Å². The van der Waals surface area contributed by atoms with Crippen LogP contribution in [0.2, 0.25) is 10.3 Å². The number of halogens is 2. The van der Waals surface area contributed by atoms with Gasteiger partial charge in [0.1, 0.15) is 16.9 Å². The molecule has 2 aliphatic heterocycles. The number of imidazole rings is 2. The number of carbonyl (C=O) groups excluding carboxylic acids is 3. The molecule has 7 aromatic heterocycles. The molecule has 3 N–H and O–H groups in total. The molecule has 9 rings (SSSR count). The van der Waals surface area contributed by atoms with Crippen LogP contribution < -0.4 is 15.5 Å². The fraction of sp³-hybridized carbons (Fsp3) is 0.286. The second-order valence-corrected chi connectivity index (χ2v) is 16.6. The molecule has 2 bridgehead atoms. The van der Waals surface area contributed by atoms with Gasteiger partial charge in [-0.3, -0.25) is 14.5 Å². The smallest absolute Gasteiger partial charge is 0.410 e. The van der Waals surface area contributed by atoms with Gasteiger partial charge in [0.2, 0.25) is 0 Å². The summed E-state index contributed by atoms with van der Waals surface area (Å²) < 4.78 is 9.32. The average molecular weight is 910 g/mol. The van der Waals surface area contributed by atoms with E-state index in [0.29, 0.717) is 30.3 Å². The highest BCUT2D eigenvalue weighted by Gasteiger charge is 2.44. The van der Waals surface area contributed by atoms with Gasteiger partial charge in [-0.2, -0.15) is 0 Å². The van der Waals surface area contributed by atoms with Crippen molar-refractivity contribution < 1.29 is 29.0 Å². The number of ether oxygens (including phenoxy) is 1. The number of anilines is 3. The quantitative estimate of drug-likeness (QED) is 0.163. The number of carbonyl (C=O) groups is 4. The van der Waals surface area contributed by atoms with Crippen LogP contribution in [0.25, 0.3) is 11.3 Å². The van der Waals surface area contributed by atoms with Crippen LogP contribution in [-0.4, -0.2) is 114 Å². The predicted octanol–water partition coefficient (Wildman–Crippen LogP) is 6.44. The van der Waals surface area contributed by atoms with Gasteiger partial charge in [0, 0.05) is 37.9 Å². The van der Waals surface area contributed by atoms with Crippen LogP contribution in [0.4, 0.5) is 22.0 Å². The number of carboxylic acids is 1. The first-order chi connectivity index (χ1) is 30.5. The van der Waals surface area contributed by atoms with Crippen LogP contribution in [0.1, 0.15) is 76.5 Å². The maximum atomic E-state index is 12.7. The van der Waals surface area contributed by atoms with Gasteiger partial charge in [-0.25, -0.2) is 19.6 Å². The standard InChI is InChI=1S/C24H29N7O3.C13H10ClN5O.C5H3ClN2O2/c1-15-11-29-12-16(5-9-20(29)25-15)26-22(32)19-8-10-21(28-27-19)30-13-17-6-7-18(14-30)31(17)23(33)34-24(2,3)4;1-8-6-19-7-9(2-5-12(19)15-8)16-13(20)10-3-4-11(14)18-17-10;6-4-2-1-3(5(9)10)7-8-4/h5,8-12,17-18H,6-7,13-14H2,1-4H3,(H,26,32);2-7H,1H3,(H,16,20);1-2H,(H,9,10). The number of aryl methyl sites for hydroxylation is 2. The molecule has 0 aromatic carbocycles. The summed E-state index contributed by atoms with van der Waals surface area (Å²) in [6.07, 6.45) is 9.01. The minimum absolute atomic E-state index is 0.0834. The highest BCUT2D eigenvalue weighted by atomic mass is 35.5. The molecule has 9 heterocycles. The van der Waals surface area contributed by atoms with Crippen molar-refractivity contribution in [2.24, 2.45) is 0 Å². The minimum atomic E-state index is -1.11. The number of nitrogens with one attached hydrogen (secondary N) is 2. The normalized spacial score (nSPS) is 15.4. The van der Waals surface area contributed by atoms with Crippen LogP contribution in [0.15, 0.2) is 85.5 Å². The number of nitrogens with zero attached hydrogens (tertiary/aromatic N) is 12. The molecule has 2 atom stereocenters. The summed E-state index contributed by atoms with van der Waals surface area (Å²) in [4.78, 5) is 60.2. The molecular formula is C42H42Cl2N14O6. The summed E-state index contributed by atoms with van der Waals surface area (Å²) in [7, 11) is 0. The zero-order valence-electron chi connectivity index (χ0n) is 35.2. The van der Waals surface area contributed by atoms with Crippen molar-refractivity contribution in [1.82, 2.24) is 54.3 Å². The van der Waals surface area contributed by atoms with E-state index >= 15 is 0 Å². The maximum absolute atomic E-state index is 12.7. The lowest BCUT2D eigenvalue weighted by molar-refractivity contribution is 0.0122. The van der Waals surface area contributed by atoms with E-state index in [0.717, 1.165) is 35.5 Å². The number of rotatable bonds is 6. The molecule has 22 heteroatoms. The molecule has 2 aliphatic rings. The van der Waals surface area contributed by atoms with Crippen molar-refractivity contribution in [2.75, 3.05) is 28.6 Å². The van der Waals surface area contributed by atoms with Crippen molar-refractivity contribution in [1.29, 1.82) is 0 Å². The third kappa shape index (κ3) is 11.2. The largest absolute Gasteiger partial charge is 0.476 e. The third-order valence-electron chi connectivity index (χ3n) is 9.67. The Kier molecular flexibility index (Phi) is 13.3. The van der Waals surface area contributed by atoms with E-state index < -0.39 is 11.6 Å². The Morgan fingerprint density at radius 3 is 1.53 bits per heavy atom. The number of aromatic nitrogens is 10. The van der Waals surface area contributed by atoms with Gasteiger partial charge in [0.05, 0.1) is 34.8 Å². The number of pyridine rings is 2. The zero-order valence-corrected chi connectivity index (χ0v) is 36.7. The predicted molar refractivity (Wildman–Crippen MR) is 236 cm³/mol. The van der Waals surface area contributed by atoms with Gasteiger partial charge in [-0.05, 0) is 108 Å². The van der Waals surface area contributed by atoms with E-state index in [4.69, 9.17) is 33.0 Å². The Morgan fingerprint density at radius 1 is 0.641 bits per heavy atom. The van der Waals surface area contributed by atoms with Gasteiger partial charge in [-0.15, -0.1) is 30.6 Å². The average Bonchev–Trinajstić information content (AvgIpc) is 3.90. The van der Waals surface area contributed by atoms with Crippen molar-refractivity contribution >= 4 is 75.6 Å². The lowest BCUT2D eigenvalue weighted by atomic mass is 10.2. The molecule has 0 radical (unpaired) electrons. The number of hydrogen-bond donors (Lipinski definition) is 3. The molecule has 0 aliphatic carbocycles. The SMILES string of the molecule is Cc1cn2cc(NC(=O)c3ccc(Cl)nn3)ccc2n1.Cc1cn2cc(NC(=O)c3ccc(N4CC5CCC(C4)N5C(=O)OC(C)(C)C)nn3)ccc2n1.O=C(O)c1ccc(Cl)nn1. The number of fused-ring (bicyclic) bond motifs is 4. The van der Waals surface area contributed by atoms with E-state index in [1.54, 1.807) is 24.4 Å².